The Morgan fingerprint density at radius 1 is 0.841 bits per heavy atom. The summed E-state index contributed by atoms with van der Waals surface area (Å²) >= 11 is 0. The highest BCUT2D eigenvalue weighted by molar-refractivity contribution is 5.81. The monoisotopic (exact) mass is 612 g/mol. The third-order valence-electron chi connectivity index (χ3n) is 7.77. The second-order valence-corrected chi connectivity index (χ2v) is 11.7. The van der Waals surface area contributed by atoms with Crippen molar-refractivity contribution >= 4 is 5.97 Å². The van der Waals surface area contributed by atoms with E-state index in [2.05, 4.69) is 16.9 Å². The molecule has 0 saturated heterocycles. The molecule has 0 fully saturated rings. The van der Waals surface area contributed by atoms with Crippen molar-refractivity contribution in [2.24, 2.45) is 0 Å². The van der Waals surface area contributed by atoms with Crippen molar-refractivity contribution in [1.82, 2.24) is 9.97 Å². The lowest BCUT2D eigenvalue weighted by Gasteiger charge is -2.24. The second-order valence-electron chi connectivity index (χ2n) is 11.7. The first-order chi connectivity index (χ1) is 21.2. The van der Waals surface area contributed by atoms with Crippen molar-refractivity contribution in [2.45, 2.75) is 122 Å². The summed E-state index contributed by atoms with van der Waals surface area (Å²) in [4.78, 5) is 21.4. The zero-order valence-electron chi connectivity index (χ0n) is 26.5. The maximum atomic E-state index is 14.9. The van der Waals surface area contributed by atoms with Crippen LogP contribution < -0.4 is 9.47 Å². The number of nitrogens with zero attached hydrogens (tertiary/aromatic N) is 2. The molecule has 0 aliphatic rings. The van der Waals surface area contributed by atoms with E-state index in [4.69, 9.17) is 9.47 Å². The number of para-hydroxylation sites is 1. The third-order valence-corrected chi connectivity index (χ3v) is 7.77. The SMILES string of the molecule is CCCCCCCCC(Oc1ccccc1-c1ncc(-c2ccc(OC(=O)C(C)(F)CCCCC)cc2)cn1)C(F)C(C)F. The van der Waals surface area contributed by atoms with E-state index in [0.29, 0.717) is 30.0 Å². The highest BCUT2D eigenvalue weighted by atomic mass is 19.2. The van der Waals surface area contributed by atoms with Gasteiger partial charge in [-0.3, -0.25) is 0 Å². The van der Waals surface area contributed by atoms with Gasteiger partial charge < -0.3 is 9.47 Å². The van der Waals surface area contributed by atoms with Crippen molar-refractivity contribution in [3.05, 3.63) is 60.9 Å². The van der Waals surface area contributed by atoms with Crippen LogP contribution in [0.25, 0.3) is 22.5 Å². The minimum atomic E-state index is -2.04. The molecule has 1 heterocycles. The number of carbonyl (C=O) groups is 1. The number of ether oxygens (including phenoxy) is 2. The van der Waals surface area contributed by atoms with Gasteiger partial charge in [0.25, 0.3) is 0 Å². The van der Waals surface area contributed by atoms with Gasteiger partial charge in [-0.1, -0.05) is 83.1 Å². The number of alkyl halides is 3. The quantitative estimate of drug-likeness (QED) is 0.0766. The van der Waals surface area contributed by atoms with Gasteiger partial charge in [-0.05, 0) is 69.4 Å². The molecule has 0 amide bonds. The van der Waals surface area contributed by atoms with Crippen LogP contribution in [0.15, 0.2) is 60.9 Å². The first-order valence-electron chi connectivity index (χ1n) is 16.0. The molecule has 0 N–H and O–H groups in total. The van der Waals surface area contributed by atoms with Crippen molar-refractivity contribution in [1.29, 1.82) is 0 Å². The van der Waals surface area contributed by atoms with Gasteiger partial charge in [0.15, 0.2) is 12.0 Å². The van der Waals surface area contributed by atoms with Gasteiger partial charge in [0.2, 0.25) is 5.67 Å². The molecule has 4 atom stereocenters. The molecule has 4 unspecified atom stereocenters. The average molecular weight is 613 g/mol. The Balaban J connectivity index is 1.68. The maximum Gasteiger partial charge on any atom is 0.348 e. The summed E-state index contributed by atoms with van der Waals surface area (Å²) in [5.41, 5.74) is 0.0428. The summed E-state index contributed by atoms with van der Waals surface area (Å²) < 4.78 is 55.1. The zero-order chi connectivity index (χ0) is 32.0. The molecule has 0 aliphatic carbocycles. The van der Waals surface area contributed by atoms with Gasteiger partial charge in [-0.25, -0.2) is 27.9 Å². The molecule has 3 aromatic rings. The molecule has 5 nitrogen and oxygen atoms in total. The van der Waals surface area contributed by atoms with E-state index in [1.807, 2.05) is 13.0 Å². The number of esters is 1. The van der Waals surface area contributed by atoms with Gasteiger partial charge in [0.1, 0.15) is 23.8 Å². The highest BCUT2D eigenvalue weighted by Gasteiger charge is 2.34. The molecule has 3 rings (SSSR count). The van der Waals surface area contributed by atoms with Gasteiger partial charge in [-0.2, -0.15) is 0 Å². The van der Waals surface area contributed by atoms with Gasteiger partial charge >= 0.3 is 5.97 Å². The van der Waals surface area contributed by atoms with Crippen LogP contribution in [0.2, 0.25) is 0 Å². The second kappa shape index (κ2) is 17.8. The largest absolute Gasteiger partial charge is 0.487 e. The Labute approximate surface area is 260 Å². The zero-order valence-corrected chi connectivity index (χ0v) is 26.5. The topological polar surface area (TPSA) is 61.3 Å². The predicted octanol–water partition coefficient (Wildman–Crippen LogP) is 10.2. The molecule has 240 valence electrons. The summed E-state index contributed by atoms with van der Waals surface area (Å²) in [6, 6.07) is 13.8. The average Bonchev–Trinajstić information content (AvgIpc) is 3.02. The number of hydrogen-bond acceptors (Lipinski definition) is 5. The lowest BCUT2D eigenvalue weighted by atomic mass is 10.0. The van der Waals surface area contributed by atoms with Crippen LogP contribution in [0.5, 0.6) is 11.5 Å². The van der Waals surface area contributed by atoms with E-state index in [1.165, 1.54) is 20.3 Å². The molecular formula is C36H47F3N2O3. The summed E-state index contributed by atoms with van der Waals surface area (Å²) in [5, 5.41) is 0. The minimum absolute atomic E-state index is 0.124. The summed E-state index contributed by atoms with van der Waals surface area (Å²) in [6.45, 7) is 6.66. The Hall–Kier alpha value is -3.42. The number of halogens is 3. The first-order valence-corrected chi connectivity index (χ1v) is 16.0. The fourth-order valence-corrected chi connectivity index (χ4v) is 4.98. The van der Waals surface area contributed by atoms with Crippen LogP contribution in [-0.2, 0) is 4.79 Å². The molecule has 44 heavy (non-hydrogen) atoms. The number of hydrogen-bond donors (Lipinski definition) is 0. The fraction of sp³-hybridized carbons (Fsp3) is 0.528. The Bertz CT molecular complexity index is 1270. The molecule has 0 saturated carbocycles. The van der Waals surface area contributed by atoms with Crippen LogP contribution in [0.1, 0.15) is 98.3 Å². The normalized spacial score (nSPS) is 14.8. The predicted molar refractivity (Wildman–Crippen MR) is 170 cm³/mol. The van der Waals surface area contributed by atoms with E-state index in [-0.39, 0.29) is 12.2 Å². The summed E-state index contributed by atoms with van der Waals surface area (Å²) in [5.74, 6) is 0.151. The Kier molecular flexibility index (Phi) is 14.2. The Morgan fingerprint density at radius 3 is 2.11 bits per heavy atom. The van der Waals surface area contributed by atoms with Crippen LogP contribution >= 0.6 is 0 Å². The number of unbranched alkanes of at least 4 members (excludes halogenated alkanes) is 7. The van der Waals surface area contributed by atoms with Crippen molar-refractivity contribution in [2.75, 3.05) is 0 Å². The smallest absolute Gasteiger partial charge is 0.348 e. The summed E-state index contributed by atoms with van der Waals surface area (Å²) in [7, 11) is 0. The molecule has 0 bridgehead atoms. The van der Waals surface area contributed by atoms with Crippen molar-refractivity contribution in [3.63, 3.8) is 0 Å². The number of benzene rings is 2. The van der Waals surface area contributed by atoms with Crippen LogP contribution in [0.3, 0.4) is 0 Å². The lowest BCUT2D eigenvalue weighted by Crippen LogP contribution is -2.34. The van der Waals surface area contributed by atoms with E-state index < -0.39 is 30.1 Å². The van der Waals surface area contributed by atoms with Crippen LogP contribution in [0, 0.1) is 0 Å². The first kappa shape index (κ1) is 35.1. The van der Waals surface area contributed by atoms with Crippen molar-refractivity contribution < 1.29 is 27.4 Å². The van der Waals surface area contributed by atoms with Crippen molar-refractivity contribution in [3.8, 4) is 34.0 Å². The number of rotatable bonds is 19. The van der Waals surface area contributed by atoms with Gasteiger partial charge in [0.05, 0.1) is 5.56 Å². The van der Waals surface area contributed by atoms with E-state index in [1.54, 1.807) is 54.9 Å². The highest BCUT2D eigenvalue weighted by Crippen LogP contribution is 2.32. The standard InChI is InChI=1S/C36H47F3N2O3/c1-5-7-9-10-11-12-18-32(33(38)26(3)37)44-31-17-14-13-16-30(31)34-40-24-28(25-41-34)27-19-21-29(22-20-27)43-35(42)36(4,39)23-15-8-6-2/h13-14,16-17,19-22,24-26,32-33H,5-12,15,18,23H2,1-4H3. The minimum Gasteiger partial charge on any atom is -0.487 e. The molecule has 0 spiro atoms. The van der Waals surface area contributed by atoms with Crippen LogP contribution in [-0.4, -0.2) is 40.1 Å². The third kappa shape index (κ3) is 10.6. The summed E-state index contributed by atoms with van der Waals surface area (Å²) in [6.07, 6.45) is 8.24. The number of aromatic nitrogens is 2. The fourth-order valence-electron chi connectivity index (χ4n) is 4.98. The molecule has 8 heteroatoms. The molecular weight excluding hydrogens is 565 g/mol. The van der Waals surface area contributed by atoms with E-state index in [9.17, 15) is 18.0 Å². The molecule has 0 radical (unpaired) electrons. The molecule has 0 aliphatic heterocycles. The number of carbonyl (C=O) groups excluding carboxylic acids is 1. The molecule has 1 aromatic heterocycles. The molecule has 2 aromatic carbocycles. The Morgan fingerprint density at radius 2 is 1.45 bits per heavy atom. The lowest BCUT2D eigenvalue weighted by molar-refractivity contribution is -0.147. The van der Waals surface area contributed by atoms with E-state index >= 15 is 0 Å². The van der Waals surface area contributed by atoms with Gasteiger partial charge in [0, 0.05) is 18.0 Å². The van der Waals surface area contributed by atoms with Gasteiger partial charge in [-0.15, -0.1) is 0 Å². The maximum absolute atomic E-state index is 14.9. The van der Waals surface area contributed by atoms with Crippen LogP contribution in [0.4, 0.5) is 13.2 Å². The van der Waals surface area contributed by atoms with E-state index in [0.717, 1.165) is 56.1 Å².